The molecule has 1 spiro atoms. The SMILES string of the molecule is CC[C@H]1C2(CC3CO[C@H](c4ccccc4)N3C2=O)[C@]1(C)Cl. The Labute approximate surface area is 130 Å². The van der Waals surface area contributed by atoms with E-state index >= 15 is 0 Å². The highest BCUT2D eigenvalue weighted by Gasteiger charge is 2.81. The minimum Gasteiger partial charge on any atom is -0.352 e. The van der Waals surface area contributed by atoms with Gasteiger partial charge in [0.15, 0.2) is 6.23 Å². The van der Waals surface area contributed by atoms with E-state index in [1.807, 2.05) is 42.2 Å². The van der Waals surface area contributed by atoms with Crippen LogP contribution in [0.25, 0.3) is 0 Å². The summed E-state index contributed by atoms with van der Waals surface area (Å²) in [5.41, 5.74) is 0.695. The van der Waals surface area contributed by atoms with Gasteiger partial charge in [0.1, 0.15) is 0 Å². The van der Waals surface area contributed by atoms with Crippen LogP contribution in [0.15, 0.2) is 30.3 Å². The number of fused-ring (bicyclic) bond motifs is 1. The third-order valence-electron chi connectivity index (χ3n) is 5.80. The van der Waals surface area contributed by atoms with Crippen LogP contribution in [0.1, 0.15) is 38.5 Å². The quantitative estimate of drug-likeness (QED) is 0.784. The maximum absolute atomic E-state index is 13.1. The van der Waals surface area contributed by atoms with Gasteiger partial charge in [0.05, 0.1) is 22.9 Å². The number of carbonyl (C=O) groups is 1. The van der Waals surface area contributed by atoms with Crippen molar-refractivity contribution in [1.82, 2.24) is 4.90 Å². The van der Waals surface area contributed by atoms with Crippen molar-refractivity contribution in [3.05, 3.63) is 35.9 Å². The first-order valence-corrected chi connectivity index (χ1v) is 8.10. The van der Waals surface area contributed by atoms with Gasteiger partial charge in [-0.15, -0.1) is 11.6 Å². The molecule has 2 saturated heterocycles. The molecule has 2 unspecified atom stereocenters. The number of ether oxygens (including phenoxy) is 1. The lowest BCUT2D eigenvalue weighted by molar-refractivity contribution is -0.139. The molecule has 3 aliphatic rings. The fraction of sp³-hybridized carbons (Fsp3) is 0.588. The van der Waals surface area contributed by atoms with Crippen LogP contribution in [0, 0.1) is 11.3 Å². The summed E-state index contributed by atoms with van der Waals surface area (Å²) in [6.45, 7) is 4.78. The third kappa shape index (κ3) is 1.51. The Morgan fingerprint density at radius 2 is 2.10 bits per heavy atom. The zero-order chi connectivity index (χ0) is 14.8. The molecular weight excluding hydrogens is 286 g/mol. The van der Waals surface area contributed by atoms with E-state index in [9.17, 15) is 4.79 Å². The van der Waals surface area contributed by atoms with E-state index in [1.54, 1.807) is 0 Å². The highest BCUT2D eigenvalue weighted by molar-refractivity contribution is 6.30. The first-order chi connectivity index (χ1) is 10.0. The standard InChI is InChI=1S/C17H20ClNO2/c1-3-13-16(2,18)17(13)9-12-10-21-14(19(12)15(17)20)11-7-5-4-6-8-11/h4-8,12-14H,3,9-10H2,1-2H3/t12?,13-,14-,16-,17?/m1/s1. The number of nitrogens with zero attached hydrogens (tertiary/aromatic N) is 1. The van der Waals surface area contributed by atoms with E-state index in [1.165, 1.54) is 0 Å². The highest BCUT2D eigenvalue weighted by Crippen LogP contribution is 2.74. The Morgan fingerprint density at radius 3 is 2.71 bits per heavy atom. The molecule has 1 aromatic rings. The highest BCUT2D eigenvalue weighted by atomic mass is 35.5. The summed E-state index contributed by atoms with van der Waals surface area (Å²) in [5, 5.41) is 0. The van der Waals surface area contributed by atoms with Gasteiger partial charge in [0.2, 0.25) is 5.91 Å². The van der Waals surface area contributed by atoms with Crippen molar-refractivity contribution in [3.8, 4) is 0 Å². The fourth-order valence-corrected chi connectivity index (χ4v) is 5.30. The molecule has 1 saturated carbocycles. The number of hydrogen-bond acceptors (Lipinski definition) is 2. The molecule has 112 valence electrons. The van der Waals surface area contributed by atoms with Crippen molar-refractivity contribution in [2.75, 3.05) is 6.61 Å². The molecule has 0 N–H and O–H groups in total. The van der Waals surface area contributed by atoms with Crippen molar-refractivity contribution in [2.24, 2.45) is 11.3 Å². The second kappa shape index (κ2) is 4.23. The Balaban J connectivity index is 1.68. The maximum Gasteiger partial charge on any atom is 0.233 e. The lowest BCUT2D eigenvalue weighted by atomic mass is 9.96. The van der Waals surface area contributed by atoms with Crippen LogP contribution in [-0.4, -0.2) is 28.3 Å². The van der Waals surface area contributed by atoms with Crippen molar-refractivity contribution in [1.29, 1.82) is 0 Å². The number of amides is 1. The fourth-order valence-electron chi connectivity index (χ4n) is 4.73. The minimum atomic E-state index is -0.385. The molecule has 1 aliphatic carbocycles. The van der Waals surface area contributed by atoms with Crippen LogP contribution in [-0.2, 0) is 9.53 Å². The molecular formula is C17H20ClNO2. The van der Waals surface area contributed by atoms with Gasteiger partial charge in [-0.1, -0.05) is 43.7 Å². The van der Waals surface area contributed by atoms with Crippen LogP contribution < -0.4 is 0 Å². The molecule has 0 aromatic heterocycles. The number of alkyl halides is 1. The van der Waals surface area contributed by atoms with Gasteiger partial charge in [-0.05, 0) is 19.3 Å². The molecule has 3 fully saturated rings. The summed E-state index contributed by atoms with van der Waals surface area (Å²) in [7, 11) is 0. The van der Waals surface area contributed by atoms with Gasteiger partial charge in [-0.2, -0.15) is 0 Å². The molecule has 21 heavy (non-hydrogen) atoms. The summed E-state index contributed by atoms with van der Waals surface area (Å²) in [6, 6.07) is 10.2. The summed E-state index contributed by atoms with van der Waals surface area (Å²) < 4.78 is 5.90. The molecule has 0 bridgehead atoms. The molecule has 4 rings (SSSR count). The molecule has 2 aliphatic heterocycles. The van der Waals surface area contributed by atoms with Gasteiger partial charge in [-0.3, -0.25) is 4.79 Å². The van der Waals surface area contributed by atoms with Crippen molar-refractivity contribution in [2.45, 2.75) is 43.8 Å². The maximum atomic E-state index is 13.1. The number of halogens is 1. The van der Waals surface area contributed by atoms with Gasteiger partial charge >= 0.3 is 0 Å². The normalized spacial score (nSPS) is 44.4. The van der Waals surface area contributed by atoms with E-state index in [2.05, 4.69) is 6.92 Å². The molecule has 1 amide bonds. The van der Waals surface area contributed by atoms with E-state index in [-0.39, 0.29) is 28.5 Å². The second-order valence-corrected chi connectivity index (χ2v) is 7.46. The summed E-state index contributed by atoms with van der Waals surface area (Å²) in [5.74, 6) is 0.490. The van der Waals surface area contributed by atoms with E-state index < -0.39 is 0 Å². The first-order valence-electron chi connectivity index (χ1n) is 7.72. The number of hydrogen-bond donors (Lipinski definition) is 0. The van der Waals surface area contributed by atoms with E-state index in [0.29, 0.717) is 12.5 Å². The Kier molecular flexibility index (Phi) is 2.74. The molecule has 5 atom stereocenters. The average Bonchev–Trinajstić information content (AvgIpc) is 2.80. The Bertz CT molecular complexity index is 588. The second-order valence-electron chi connectivity index (χ2n) is 6.67. The molecule has 1 aromatic carbocycles. The summed E-state index contributed by atoms with van der Waals surface area (Å²) in [6.07, 6.45) is 1.56. The summed E-state index contributed by atoms with van der Waals surface area (Å²) >= 11 is 6.68. The van der Waals surface area contributed by atoms with Crippen molar-refractivity contribution < 1.29 is 9.53 Å². The van der Waals surface area contributed by atoms with Gasteiger partial charge in [0, 0.05) is 5.56 Å². The van der Waals surface area contributed by atoms with Gasteiger partial charge in [-0.25, -0.2) is 0 Å². The molecule has 3 nitrogen and oxygen atoms in total. The molecule has 0 radical (unpaired) electrons. The van der Waals surface area contributed by atoms with Gasteiger partial charge < -0.3 is 9.64 Å². The first kappa shape index (κ1) is 13.6. The number of carbonyl (C=O) groups excluding carboxylic acids is 1. The van der Waals surface area contributed by atoms with Crippen LogP contribution in [0.5, 0.6) is 0 Å². The Hall–Kier alpha value is -1.06. The zero-order valence-corrected chi connectivity index (χ0v) is 13.1. The molecule has 2 heterocycles. The predicted octanol–water partition coefficient (Wildman–Crippen LogP) is 3.34. The topological polar surface area (TPSA) is 29.5 Å². The van der Waals surface area contributed by atoms with Gasteiger partial charge in [0.25, 0.3) is 0 Å². The van der Waals surface area contributed by atoms with E-state index in [4.69, 9.17) is 16.3 Å². The minimum absolute atomic E-state index is 0.178. The largest absolute Gasteiger partial charge is 0.352 e. The van der Waals surface area contributed by atoms with Crippen molar-refractivity contribution in [3.63, 3.8) is 0 Å². The molecule has 4 heteroatoms. The lowest BCUT2D eigenvalue weighted by Crippen LogP contribution is -2.34. The van der Waals surface area contributed by atoms with Crippen molar-refractivity contribution >= 4 is 17.5 Å². The average molecular weight is 306 g/mol. The predicted molar refractivity (Wildman–Crippen MR) is 80.9 cm³/mol. The smallest absolute Gasteiger partial charge is 0.233 e. The lowest BCUT2D eigenvalue weighted by Gasteiger charge is -2.23. The van der Waals surface area contributed by atoms with Crippen LogP contribution in [0.3, 0.4) is 0 Å². The monoisotopic (exact) mass is 305 g/mol. The van der Waals surface area contributed by atoms with E-state index in [0.717, 1.165) is 18.4 Å². The summed E-state index contributed by atoms with van der Waals surface area (Å²) in [4.78, 5) is 14.7. The third-order valence-corrected chi connectivity index (χ3v) is 6.40. The number of rotatable bonds is 2. The number of benzene rings is 1. The van der Waals surface area contributed by atoms with Crippen LogP contribution >= 0.6 is 11.6 Å². The zero-order valence-electron chi connectivity index (χ0n) is 12.4. The van der Waals surface area contributed by atoms with Crippen LogP contribution in [0.4, 0.5) is 0 Å². The van der Waals surface area contributed by atoms with Crippen LogP contribution in [0.2, 0.25) is 0 Å². The Morgan fingerprint density at radius 1 is 1.38 bits per heavy atom.